The first-order valence-corrected chi connectivity index (χ1v) is 51.0. The van der Waals surface area contributed by atoms with Gasteiger partial charge >= 0.3 is 5.97 Å². The van der Waals surface area contributed by atoms with Crippen molar-refractivity contribution >= 4 is 106 Å². The molecule has 0 radical (unpaired) electrons. The fourth-order valence-electron chi connectivity index (χ4n) is 15.5. The van der Waals surface area contributed by atoms with E-state index in [-0.39, 0.29) is 189 Å². The van der Waals surface area contributed by atoms with Crippen LogP contribution in [0, 0.1) is 47.3 Å². The number of hydrogen-bond acceptors (Lipinski definition) is 26. The molecule has 0 heterocycles. The van der Waals surface area contributed by atoms with E-state index in [9.17, 15) is 91.4 Å². The smallest absolute Gasteiger partial charge is 0.305 e. The number of carboxylic acid groups (broad SMARTS) is 1. The van der Waals surface area contributed by atoms with Gasteiger partial charge in [0.05, 0.1) is 19.0 Å². The van der Waals surface area contributed by atoms with E-state index in [1.165, 1.54) is 0 Å². The molecular weight excluding hydrogens is 1810 g/mol. The number of amides is 17. The lowest BCUT2D eigenvalue weighted by atomic mass is 9.98. The molecule has 0 aromatic rings. The highest BCUT2D eigenvalue weighted by atomic mass is 16.4. The third-order valence-electron chi connectivity index (χ3n) is 22.9. The lowest BCUT2D eigenvalue weighted by Crippen LogP contribution is -2.61. The quantitative estimate of drug-likeness (QED) is 0.0158. The minimum atomic E-state index is -1.91. The van der Waals surface area contributed by atoms with Gasteiger partial charge in [-0.05, 0) is 266 Å². The van der Waals surface area contributed by atoms with Gasteiger partial charge < -0.3 is 130 Å². The van der Waals surface area contributed by atoms with Crippen LogP contribution in [0.25, 0.3) is 0 Å². The third-order valence-corrected chi connectivity index (χ3v) is 22.9. The number of unbranched alkanes of at least 4 members (excludes halogenated alkanes) is 8. The molecule has 0 aliphatic heterocycles. The van der Waals surface area contributed by atoms with E-state index >= 15 is 0 Å². The summed E-state index contributed by atoms with van der Waals surface area (Å²) in [6, 6.07) is -19.9. The summed E-state index contributed by atoms with van der Waals surface area (Å²) in [7, 11) is 0. The molecule has 0 aliphatic rings. The van der Waals surface area contributed by atoms with Crippen LogP contribution in [-0.4, -0.2) is 254 Å². The molecule has 0 spiro atoms. The van der Waals surface area contributed by atoms with Crippen molar-refractivity contribution in [2.45, 2.75) is 400 Å². The van der Waals surface area contributed by atoms with Gasteiger partial charge in [-0.1, -0.05) is 117 Å². The lowest BCUT2D eigenvalue weighted by molar-refractivity contribution is -0.142. The number of carboxylic acids is 1. The van der Waals surface area contributed by atoms with Crippen LogP contribution >= 0.6 is 0 Å². The minimum Gasteiger partial charge on any atom is -0.481 e. The van der Waals surface area contributed by atoms with Gasteiger partial charge in [-0.15, -0.1) is 0 Å². The summed E-state index contributed by atoms with van der Waals surface area (Å²) < 4.78 is 0. The Morgan fingerprint density at radius 2 is 0.421 bits per heavy atom. The zero-order chi connectivity index (χ0) is 106. The van der Waals surface area contributed by atoms with Crippen molar-refractivity contribution in [1.29, 1.82) is 0 Å². The molecule has 0 unspecified atom stereocenters. The maximum absolute atomic E-state index is 14.9. The van der Waals surface area contributed by atoms with Crippen molar-refractivity contribution in [2.75, 3.05) is 52.4 Å². The summed E-state index contributed by atoms with van der Waals surface area (Å²) in [5.41, 5.74) is 43.4. The molecule has 0 saturated heterocycles. The minimum absolute atomic E-state index is 0.00408. The molecule has 140 heavy (non-hydrogen) atoms. The second kappa shape index (κ2) is 74.1. The molecule has 0 saturated carbocycles. The number of nitrogens with one attached hydrogen (secondary N) is 17. The number of carbonyl (C=O) groups excluding carboxylic acids is 17. The van der Waals surface area contributed by atoms with Crippen molar-refractivity contribution in [3.8, 4) is 0 Å². The molecule has 0 aromatic carbocycles. The Balaban J connectivity index is 7.38. The molecule has 0 bridgehead atoms. The first kappa shape index (κ1) is 130. The van der Waals surface area contributed by atoms with E-state index in [1.807, 2.05) is 55.4 Å². The van der Waals surface area contributed by atoms with Gasteiger partial charge in [0, 0.05) is 13.0 Å². The van der Waals surface area contributed by atoms with E-state index in [4.69, 9.17) is 46.0 Å². The maximum Gasteiger partial charge on any atom is 0.305 e. The molecule has 0 aromatic heterocycles. The summed E-state index contributed by atoms with van der Waals surface area (Å²) in [5.74, 6) is -11.1. The molecule has 44 heteroatoms. The molecule has 0 rings (SSSR count). The van der Waals surface area contributed by atoms with Crippen LogP contribution in [0.1, 0.15) is 310 Å². The Morgan fingerprint density at radius 1 is 0.221 bits per heavy atom. The molecule has 15 atom stereocenters. The Bertz CT molecular complexity index is 3750. The van der Waals surface area contributed by atoms with Gasteiger partial charge in [0.25, 0.3) is 0 Å². The predicted octanol–water partition coefficient (Wildman–Crippen LogP) is -0.499. The fourth-order valence-corrected chi connectivity index (χ4v) is 15.5. The largest absolute Gasteiger partial charge is 0.481 e. The predicted molar refractivity (Wildman–Crippen MR) is 537 cm³/mol. The Hall–Kier alpha value is -9.86. The number of aliphatic carboxylic acids is 1. The Labute approximate surface area is 830 Å². The summed E-state index contributed by atoms with van der Waals surface area (Å²) in [5, 5.41) is 54.0. The van der Waals surface area contributed by atoms with Gasteiger partial charge in [0.2, 0.25) is 100 Å². The average Bonchev–Trinajstić information content (AvgIpc) is 0.850. The highest BCUT2D eigenvalue weighted by Gasteiger charge is 2.40. The highest BCUT2D eigenvalue weighted by molar-refractivity contribution is 6.01. The monoisotopic (exact) mass is 1990 g/mol. The van der Waals surface area contributed by atoms with Crippen LogP contribution in [0.4, 0.5) is 0 Å². The molecule has 17 amide bonds. The summed E-state index contributed by atoms with van der Waals surface area (Å²) in [6.45, 7) is 30.2. The van der Waals surface area contributed by atoms with Crippen molar-refractivity contribution in [2.24, 2.45) is 93.3 Å². The molecular formula is C96H183N25O19. The van der Waals surface area contributed by atoms with Gasteiger partial charge in [-0.3, -0.25) is 91.7 Å². The zero-order valence-electron chi connectivity index (χ0n) is 86.8. The van der Waals surface area contributed by atoms with Crippen molar-refractivity contribution in [3.05, 3.63) is 0 Å². The molecule has 34 N–H and O–H groups in total. The van der Waals surface area contributed by atoms with Crippen LogP contribution in [0.3, 0.4) is 0 Å². The second-order valence-electron chi connectivity index (χ2n) is 40.2. The van der Waals surface area contributed by atoms with Crippen LogP contribution in [-0.2, 0) is 86.3 Å². The molecule has 806 valence electrons. The van der Waals surface area contributed by atoms with Crippen LogP contribution in [0.15, 0.2) is 0 Å². The molecule has 44 nitrogen and oxygen atoms in total. The number of hydrazine groups is 1. The number of hydrogen-bond donors (Lipinski definition) is 26. The number of carbonyl (C=O) groups is 18. The fraction of sp³-hybridized carbons (Fsp3) is 0.812. The van der Waals surface area contributed by atoms with Crippen LogP contribution < -0.4 is 136 Å². The third kappa shape index (κ3) is 58.5. The van der Waals surface area contributed by atoms with E-state index in [0.29, 0.717) is 103 Å². The van der Waals surface area contributed by atoms with Crippen LogP contribution in [0.2, 0.25) is 0 Å². The Morgan fingerprint density at radius 3 is 0.636 bits per heavy atom. The normalized spacial score (nSPS) is 14.7. The summed E-state index contributed by atoms with van der Waals surface area (Å²) in [6.07, 6.45) is 6.45. The second-order valence-corrected chi connectivity index (χ2v) is 40.2. The molecule has 0 fully saturated rings. The SMILES string of the molecule is CC(C)C[C@H](NC(=O)[C@H](CCCCN)NC(=O)[C@H](CC(C)C)NC(=O)[C@H](CC(C)C)NC(=O)[C@H](CC(=O)O)NC(=O)[C@H](CCCCN)NC(=O)[C@H](CC(C)C)NC(=O)[C@H](CC(C)C)NC(=O)[C@H](CCCCN)NC(=O)[C@H](CC(C)C)NC(=O)[C@H](CC(C)C)NC(=O)[C@H](CCCCN)NC(=O)[C@H](CCCCN)NC(=O)[C@@H](N)CC(C)C)C(=O)N[C@@H](CCCCN)C(=O)NCC(=O)NCCCCCC(=O)NN. The van der Waals surface area contributed by atoms with Gasteiger partial charge in [0.15, 0.2) is 0 Å². The van der Waals surface area contributed by atoms with E-state index in [2.05, 4.69) is 90.5 Å². The van der Waals surface area contributed by atoms with Crippen molar-refractivity contribution in [3.63, 3.8) is 0 Å². The van der Waals surface area contributed by atoms with Gasteiger partial charge in [0.1, 0.15) is 84.6 Å². The van der Waals surface area contributed by atoms with Gasteiger partial charge in [-0.25, -0.2) is 5.84 Å². The van der Waals surface area contributed by atoms with E-state index < -0.39 is 204 Å². The lowest BCUT2D eigenvalue weighted by Gasteiger charge is -2.30. The number of rotatable bonds is 79. The summed E-state index contributed by atoms with van der Waals surface area (Å²) in [4.78, 5) is 255. The first-order chi connectivity index (χ1) is 66.0. The summed E-state index contributed by atoms with van der Waals surface area (Å²) >= 11 is 0. The maximum atomic E-state index is 14.9. The van der Waals surface area contributed by atoms with E-state index in [0.717, 1.165) is 0 Å². The highest BCUT2D eigenvalue weighted by Crippen LogP contribution is 2.20. The molecule has 0 aliphatic carbocycles. The zero-order valence-corrected chi connectivity index (χ0v) is 86.8. The Kier molecular flexibility index (Phi) is 68.9. The van der Waals surface area contributed by atoms with E-state index in [1.54, 1.807) is 55.4 Å². The first-order valence-electron chi connectivity index (χ1n) is 51.0. The topological polar surface area (TPSA) is 740 Å². The standard InChI is InChI=1S/C96H183N25O19/c1-56(2)46-64(103)82(126)107-66(33-20-26-40-98)84(128)109-67(34-21-27-41-99)85(129)114-75(51-61(11)12)93(137)116-72(48-58(5)6)90(134)111-69(36-23-29-43-101)87(131)115-76(52-62(13)14)94(138)117-73(49-59(7)8)92(136)112-70(37-24-30-44-102)88(132)120-78(54-81(124)125)96(140)119-77(53-63(15)16)95(139)118-74(50-60(9)10)91(135)110-68(35-22-28-42-100)86(130)113-71(47-57(3)4)89(133)108-65(32-19-25-39-97)83(127)106-55-80(123)105-45-31-17-18-38-79(122)121-104/h56-78H,17-55,97-104H2,1-16H3,(H,105,123)(H,106,127)(H,107,126)(H,108,133)(H,109,128)(H,110,135)(H,111,134)(H,112,136)(H,113,130)(H,114,129)(H,115,131)(H,116,137)(H,117,138)(H,118,139)(H,119,140)(H,120,132)(H,121,122)(H,124,125)/t64-,65-,66-,67-,68-,69-,70-,71-,72-,73-,74-,75-,76-,77-,78-/m0/s1. The average molecular weight is 1990 g/mol. The number of nitrogens with two attached hydrogens (primary N) is 8. The van der Waals surface area contributed by atoms with Gasteiger partial charge in [-0.2, -0.15) is 0 Å². The van der Waals surface area contributed by atoms with Crippen LogP contribution in [0.5, 0.6) is 0 Å². The van der Waals surface area contributed by atoms with Crippen molar-refractivity contribution in [1.82, 2.24) is 90.5 Å². The van der Waals surface area contributed by atoms with Crippen molar-refractivity contribution < 1.29 is 91.4 Å².